The minimum atomic E-state index is -0.502. The van der Waals surface area contributed by atoms with E-state index in [0.29, 0.717) is 12.0 Å². The Bertz CT molecular complexity index is 601. The van der Waals surface area contributed by atoms with Crippen molar-refractivity contribution in [2.75, 3.05) is 0 Å². The Labute approximate surface area is 126 Å². The van der Waals surface area contributed by atoms with E-state index in [1.165, 1.54) is 17.2 Å². The second-order valence-corrected chi connectivity index (χ2v) is 6.36. The molecule has 1 atom stereocenters. The van der Waals surface area contributed by atoms with Gasteiger partial charge in [-0.1, -0.05) is 46.3 Å². The third-order valence-corrected chi connectivity index (χ3v) is 4.56. The van der Waals surface area contributed by atoms with E-state index in [1.54, 1.807) is 6.07 Å². The third kappa shape index (κ3) is 2.79. The van der Waals surface area contributed by atoms with Gasteiger partial charge in [0.05, 0.1) is 6.10 Å². The van der Waals surface area contributed by atoms with E-state index in [-0.39, 0.29) is 11.7 Å². The molecule has 0 bridgehead atoms. The highest BCUT2D eigenvalue weighted by Crippen LogP contribution is 2.30. The Morgan fingerprint density at radius 3 is 2.40 bits per heavy atom. The van der Waals surface area contributed by atoms with Gasteiger partial charge in [0.1, 0.15) is 5.82 Å². The van der Waals surface area contributed by atoms with Crippen LogP contribution in [0.4, 0.5) is 4.39 Å². The molecular formula is C17H16BrFO. The summed E-state index contributed by atoms with van der Waals surface area (Å²) in [7, 11) is 0. The van der Waals surface area contributed by atoms with E-state index < -0.39 is 6.10 Å². The second kappa shape index (κ2) is 5.66. The number of halogens is 2. The molecule has 3 rings (SSSR count). The van der Waals surface area contributed by atoms with Crippen molar-refractivity contribution in [1.29, 1.82) is 0 Å². The quantitative estimate of drug-likeness (QED) is 0.902. The summed E-state index contributed by atoms with van der Waals surface area (Å²) in [4.78, 5) is 0. The summed E-state index contributed by atoms with van der Waals surface area (Å²) >= 11 is 3.25. The zero-order valence-corrected chi connectivity index (χ0v) is 12.6. The summed E-state index contributed by atoms with van der Waals surface area (Å²) < 4.78 is 14.5. The van der Waals surface area contributed by atoms with Gasteiger partial charge >= 0.3 is 0 Å². The van der Waals surface area contributed by atoms with Gasteiger partial charge in [-0.3, -0.25) is 0 Å². The Kier molecular flexibility index (Phi) is 3.90. The first-order valence-electron chi connectivity index (χ1n) is 6.82. The summed E-state index contributed by atoms with van der Waals surface area (Å²) in [6, 6.07) is 13.3. The van der Waals surface area contributed by atoms with Crippen LogP contribution in [0, 0.1) is 11.7 Å². The molecular weight excluding hydrogens is 319 g/mol. The van der Waals surface area contributed by atoms with E-state index in [9.17, 15) is 9.50 Å². The van der Waals surface area contributed by atoms with E-state index in [0.717, 1.165) is 17.3 Å². The van der Waals surface area contributed by atoms with Crippen LogP contribution in [0.25, 0.3) is 0 Å². The Morgan fingerprint density at radius 2 is 1.80 bits per heavy atom. The molecule has 0 saturated heterocycles. The fraction of sp³-hybridized carbons (Fsp3) is 0.294. The van der Waals surface area contributed by atoms with Crippen molar-refractivity contribution in [3.63, 3.8) is 0 Å². The number of aliphatic hydroxyl groups excluding tert-OH is 1. The molecule has 20 heavy (non-hydrogen) atoms. The van der Waals surface area contributed by atoms with Crippen molar-refractivity contribution in [1.82, 2.24) is 0 Å². The zero-order chi connectivity index (χ0) is 14.1. The van der Waals surface area contributed by atoms with Crippen LogP contribution in [0.15, 0.2) is 46.9 Å². The second-order valence-electron chi connectivity index (χ2n) is 5.44. The van der Waals surface area contributed by atoms with Crippen molar-refractivity contribution in [2.24, 2.45) is 5.92 Å². The molecule has 0 saturated carbocycles. The average Bonchev–Trinajstić information content (AvgIpc) is 2.86. The molecule has 1 unspecified atom stereocenters. The van der Waals surface area contributed by atoms with Crippen molar-refractivity contribution < 1.29 is 9.50 Å². The first kappa shape index (κ1) is 13.8. The molecule has 3 heteroatoms. The maximum absolute atomic E-state index is 13.8. The number of hydrogen-bond acceptors (Lipinski definition) is 1. The van der Waals surface area contributed by atoms with Crippen LogP contribution < -0.4 is 0 Å². The van der Waals surface area contributed by atoms with Crippen LogP contribution in [0.1, 0.15) is 16.7 Å². The Hall–Kier alpha value is -1.19. The molecule has 2 aromatic carbocycles. The number of rotatable bonds is 3. The van der Waals surface area contributed by atoms with Gasteiger partial charge in [0.25, 0.3) is 0 Å². The molecule has 0 fully saturated rings. The minimum Gasteiger partial charge on any atom is -0.392 e. The van der Waals surface area contributed by atoms with E-state index in [2.05, 4.69) is 28.1 Å². The molecule has 0 aliphatic heterocycles. The fourth-order valence-electron chi connectivity index (χ4n) is 2.94. The third-order valence-electron chi connectivity index (χ3n) is 4.07. The van der Waals surface area contributed by atoms with Gasteiger partial charge in [0.15, 0.2) is 0 Å². The lowest BCUT2D eigenvalue weighted by Gasteiger charge is -2.18. The molecule has 0 amide bonds. The number of aliphatic hydroxyl groups is 1. The van der Waals surface area contributed by atoms with Crippen LogP contribution >= 0.6 is 15.9 Å². The highest BCUT2D eigenvalue weighted by molar-refractivity contribution is 9.10. The van der Waals surface area contributed by atoms with Crippen LogP contribution in [0.5, 0.6) is 0 Å². The highest BCUT2D eigenvalue weighted by Gasteiger charge is 2.27. The predicted molar refractivity (Wildman–Crippen MR) is 81.2 cm³/mol. The van der Waals surface area contributed by atoms with Crippen LogP contribution in [0.2, 0.25) is 0 Å². The normalized spacial score (nSPS) is 16.1. The van der Waals surface area contributed by atoms with Crippen LogP contribution in [-0.2, 0) is 19.3 Å². The fourth-order valence-corrected chi connectivity index (χ4v) is 3.28. The van der Waals surface area contributed by atoms with Gasteiger partial charge < -0.3 is 5.11 Å². The smallest absolute Gasteiger partial charge is 0.127 e. The first-order chi connectivity index (χ1) is 9.63. The van der Waals surface area contributed by atoms with Gasteiger partial charge in [-0.2, -0.15) is 0 Å². The Balaban J connectivity index is 1.70. The molecule has 2 aromatic rings. The maximum Gasteiger partial charge on any atom is 0.127 e. The van der Waals surface area contributed by atoms with Gasteiger partial charge in [-0.25, -0.2) is 4.39 Å². The molecule has 1 aliphatic rings. The molecule has 0 aromatic heterocycles. The van der Waals surface area contributed by atoms with Gasteiger partial charge in [-0.15, -0.1) is 0 Å². The highest BCUT2D eigenvalue weighted by atomic mass is 79.9. The SMILES string of the molecule is OC(Cc1ccc(Br)cc1F)C1Cc2ccccc2C1. The molecule has 104 valence electrons. The zero-order valence-electron chi connectivity index (χ0n) is 11.0. The van der Waals surface area contributed by atoms with Gasteiger partial charge in [0, 0.05) is 10.9 Å². The van der Waals surface area contributed by atoms with Crippen molar-refractivity contribution in [3.8, 4) is 0 Å². The van der Waals surface area contributed by atoms with Gasteiger partial charge in [-0.05, 0) is 47.6 Å². The predicted octanol–water partition coefficient (Wildman–Crippen LogP) is 3.91. The lowest BCUT2D eigenvalue weighted by molar-refractivity contribution is 0.112. The summed E-state index contributed by atoms with van der Waals surface area (Å²) in [6.45, 7) is 0. The van der Waals surface area contributed by atoms with Crippen molar-refractivity contribution in [3.05, 3.63) is 69.4 Å². The van der Waals surface area contributed by atoms with E-state index in [4.69, 9.17) is 0 Å². The van der Waals surface area contributed by atoms with E-state index in [1.807, 2.05) is 18.2 Å². The lowest BCUT2D eigenvalue weighted by Crippen LogP contribution is -2.23. The average molecular weight is 335 g/mol. The van der Waals surface area contributed by atoms with Gasteiger partial charge in [0.2, 0.25) is 0 Å². The molecule has 1 aliphatic carbocycles. The summed E-state index contributed by atoms with van der Waals surface area (Å²) in [5.41, 5.74) is 3.21. The minimum absolute atomic E-state index is 0.190. The summed E-state index contributed by atoms with van der Waals surface area (Å²) in [6.07, 6.45) is 1.64. The first-order valence-corrected chi connectivity index (χ1v) is 7.61. The molecule has 0 spiro atoms. The monoisotopic (exact) mass is 334 g/mol. The number of fused-ring (bicyclic) bond motifs is 1. The molecule has 0 radical (unpaired) electrons. The Morgan fingerprint density at radius 1 is 1.15 bits per heavy atom. The molecule has 1 nitrogen and oxygen atoms in total. The molecule has 1 N–H and O–H groups in total. The molecule has 0 heterocycles. The standard InChI is InChI=1S/C17H16BrFO/c18-15-6-5-13(16(19)10-15)9-17(20)14-7-11-3-1-2-4-12(11)8-14/h1-6,10,14,17,20H,7-9H2. The number of benzene rings is 2. The van der Waals surface area contributed by atoms with Crippen LogP contribution in [-0.4, -0.2) is 11.2 Å². The topological polar surface area (TPSA) is 20.2 Å². The lowest BCUT2D eigenvalue weighted by atomic mass is 9.93. The maximum atomic E-state index is 13.8. The van der Waals surface area contributed by atoms with Crippen LogP contribution in [0.3, 0.4) is 0 Å². The van der Waals surface area contributed by atoms with E-state index >= 15 is 0 Å². The summed E-state index contributed by atoms with van der Waals surface area (Å²) in [5, 5.41) is 10.4. The number of hydrogen-bond donors (Lipinski definition) is 1. The van der Waals surface area contributed by atoms with Crippen molar-refractivity contribution in [2.45, 2.75) is 25.4 Å². The van der Waals surface area contributed by atoms with Crippen molar-refractivity contribution >= 4 is 15.9 Å². The summed E-state index contributed by atoms with van der Waals surface area (Å²) in [5.74, 6) is -0.0654. The largest absolute Gasteiger partial charge is 0.392 e.